The SMILES string of the molecule is Cc1ccc(NC(=O)c2ccccc2Oc2ccccc2)c(F)c1. The van der Waals surface area contributed by atoms with Gasteiger partial charge in [0.15, 0.2) is 0 Å². The number of carbonyl (C=O) groups excluding carboxylic acids is 1. The topological polar surface area (TPSA) is 38.3 Å². The molecule has 0 saturated carbocycles. The second kappa shape index (κ2) is 6.96. The summed E-state index contributed by atoms with van der Waals surface area (Å²) in [7, 11) is 0. The summed E-state index contributed by atoms with van der Waals surface area (Å²) < 4.78 is 19.7. The minimum Gasteiger partial charge on any atom is -0.457 e. The molecule has 24 heavy (non-hydrogen) atoms. The molecular weight excluding hydrogens is 305 g/mol. The van der Waals surface area contributed by atoms with Crippen LogP contribution in [0.2, 0.25) is 0 Å². The van der Waals surface area contributed by atoms with E-state index < -0.39 is 11.7 Å². The van der Waals surface area contributed by atoms with Crippen molar-refractivity contribution in [3.8, 4) is 11.5 Å². The number of aryl methyl sites for hydroxylation is 1. The van der Waals surface area contributed by atoms with Crippen LogP contribution in [0.3, 0.4) is 0 Å². The zero-order valence-corrected chi connectivity index (χ0v) is 13.1. The summed E-state index contributed by atoms with van der Waals surface area (Å²) in [5.41, 5.74) is 1.26. The Balaban J connectivity index is 1.85. The minimum atomic E-state index is -0.468. The lowest BCUT2D eigenvalue weighted by molar-refractivity contribution is 0.102. The Bertz CT molecular complexity index is 863. The van der Waals surface area contributed by atoms with Crippen LogP contribution >= 0.6 is 0 Å². The maximum atomic E-state index is 13.9. The van der Waals surface area contributed by atoms with Gasteiger partial charge in [-0.15, -0.1) is 0 Å². The first-order chi connectivity index (χ1) is 11.6. The molecular formula is C20H16FNO2. The van der Waals surface area contributed by atoms with Gasteiger partial charge >= 0.3 is 0 Å². The molecule has 0 radical (unpaired) electrons. The number of benzene rings is 3. The maximum absolute atomic E-state index is 13.9. The molecule has 0 bridgehead atoms. The summed E-state index contributed by atoms with van der Waals surface area (Å²) in [4.78, 5) is 12.5. The second-order valence-corrected chi connectivity index (χ2v) is 5.35. The Morgan fingerprint density at radius 1 is 0.958 bits per heavy atom. The minimum absolute atomic E-state index is 0.139. The summed E-state index contributed by atoms with van der Waals surface area (Å²) in [6.45, 7) is 1.79. The molecule has 120 valence electrons. The van der Waals surface area contributed by atoms with Gasteiger partial charge in [-0.1, -0.05) is 36.4 Å². The second-order valence-electron chi connectivity index (χ2n) is 5.35. The highest BCUT2D eigenvalue weighted by atomic mass is 19.1. The van der Waals surface area contributed by atoms with Crippen LogP contribution in [0.1, 0.15) is 15.9 Å². The Labute approximate surface area is 139 Å². The third-order valence-corrected chi connectivity index (χ3v) is 3.48. The summed E-state index contributed by atoms with van der Waals surface area (Å²) in [6.07, 6.45) is 0. The van der Waals surface area contributed by atoms with Gasteiger partial charge in [-0.25, -0.2) is 4.39 Å². The van der Waals surface area contributed by atoms with E-state index in [1.807, 2.05) is 18.2 Å². The van der Waals surface area contributed by atoms with Crippen molar-refractivity contribution in [2.24, 2.45) is 0 Å². The molecule has 0 fully saturated rings. The van der Waals surface area contributed by atoms with Crippen molar-refractivity contribution in [2.75, 3.05) is 5.32 Å². The molecule has 0 spiro atoms. The number of ether oxygens (including phenoxy) is 1. The van der Waals surface area contributed by atoms with E-state index in [9.17, 15) is 9.18 Å². The number of para-hydroxylation sites is 2. The lowest BCUT2D eigenvalue weighted by Gasteiger charge is -2.12. The Morgan fingerprint density at radius 3 is 2.42 bits per heavy atom. The Hall–Kier alpha value is -3.14. The molecule has 0 unspecified atom stereocenters. The summed E-state index contributed by atoms with van der Waals surface area (Å²) >= 11 is 0. The highest BCUT2D eigenvalue weighted by Crippen LogP contribution is 2.26. The van der Waals surface area contributed by atoms with E-state index in [-0.39, 0.29) is 5.69 Å². The first kappa shape index (κ1) is 15.7. The van der Waals surface area contributed by atoms with E-state index in [1.165, 1.54) is 6.07 Å². The number of halogens is 1. The molecule has 0 aromatic heterocycles. The standard InChI is InChI=1S/C20H16FNO2/c1-14-11-12-18(17(21)13-14)22-20(23)16-9-5-6-10-19(16)24-15-7-3-2-4-8-15/h2-13H,1H3,(H,22,23). The normalized spacial score (nSPS) is 10.2. The van der Waals surface area contributed by atoms with Gasteiger partial charge in [0.1, 0.15) is 17.3 Å². The third-order valence-electron chi connectivity index (χ3n) is 3.48. The molecule has 0 aliphatic rings. The fraction of sp³-hybridized carbons (Fsp3) is 0.0500. The summed E-state index contributed by atoms with van der Waals surface area (Å²) in [5, 5.41) is 2.59. The van der Waals surface area contributed by atoms with Crippen LogP contribution in [0.25, 0.3) is 0 Å². The van der Waals surface area contributed by atoms with E-state index in [0.717, 1.165) is 5.56 Å². The van der Waals surface area contributed by atoms with Gasteiger partial charge in [0.25, 0.3) is 5.91 Å². The predicted octanol–water partition coefficient (Wildman–Crippen LogP) is 5.18. The van der Waals surface area contributed by atoms with Crippen LogP contribution in [0.5, 0.6) is 11.5 Å². The number of hydrogen-bond donors (Lipinski definition) is 1. The molecule has 1 N–H and O–H groups in total. The quantitative estimate of drug-likeness (QED) is 0.719. The Morgan fingerprint density at radius 2 is 1.67 bits per heavy atom. The van der Waals surface area contributed by atoms with Gasteiger partial charge in [-0.3, -0.25) is 4.79 Å². The van der Waals surface area contributed by atoms with Crippen molar-refractivity contribution >= 4 is 11.6 Å². The number of rotatable bonds is 4. The van der Waals surface area contributed by atoms with Gasteiger partial charge < -0.3 is 10.1 Å². The molecule has 0 aliphatic heterocycles. The Kier molecular flexibility index (Phi) is 4.57. The smallest absolute Gasteiger partial charge is 0.259 e. The van der Waals surface area contributed by atoms with Crippen molar-refractivity contribution in [1.29, 1.82) is 0 Å². The van der Waals surface area contributed by atoms with Crippen LogP contribution < -0.4 is 10.1 Å². The monoisotopic (exact) mass is 321 g/mol. The molecule has 3 nitrogen and oxygen atoms in total. The van der Waals surface area contributed by atoms with Gasteiger partial charge in [-0.2, -0.15) is 0 Å². The highest BCUT2D eigenvalue weighted by Gasteiger charge is 2.14. The average Bonchev–Trinajstić information content (AvgIpc) is 2.59. The average molecular weight is 321 g/mol. The first-order valence-corrected chi connectivity index (χ1v) is 7.53. The fourth-order valence-corrected chi connectivity index (χ4v) is 2.27. The highest BCUT2D eigenvalue weighted by molar-refractivity contribution is 6.06. The van der Waals surface area contributed by atoms with Crippen molar-refractivity contribution in [3.05, 3.63) is 89.7 Å². The zero-order chi connectivity index (χ0) is 16.9. The van der Waals surface area contributed by atoms with Crippen LogP contribution in [-0.2, 0) is 0 Å². The molecule has 0 aliphatic carbocycles. The molecule has 0 atom stereocenters. The first-order valence-electron chi connectivity index (χ1n) is 7.53. The summed E-state index contributed by atoms with van der Waals surface area (Å²) in [5.74, 6) is 0.141. The molecule has 1 amide bonds. The molecule has 4 heteroatoms. The number of anilines is 1. The maximum Gasteiger partial charge on any atom is 0.259 e. The zero-order valence-electron chi connectivity index (χ0n) is 13.1. The van der Waals surface area contributed by atoms with Crippen molar-refractivity contribution in [2.45, 2.75) is 6.92 Å². The van der Waals surface area contributed by atoms with E-state index in [1.54, 1.807) is 55.5 Å². The molecule has 0 heterocycles. The van der Waals surface area contributed by atoms with E-state index in [2.05, 4.69) is 5.32 Å². The third kappa shape index (κ3) is 3.60. The van der Waals surface area contributed by atoms with Crippen LogP contribution in [0.4, 0.5) is 10.1 Å². The molecule has 3 rings (SSSR count). The number of amides is 1. The van der Waals surface area contributed by atoms with E-state index in [0.29, 0.717) is 17.1 Å². The number of hydrogen-bond acceptors (Lipinski definition) is 2. The van der Waals surface area contributed by atoms with Gasteiger partial charge in [0.05, 0.1) is 11.3 Å². The van der Waals surface area contributed by atoms with Gasteiger partial charge in [-0.05, 0) is 48.9 Å². The molecule has 3 aromatic carbocycles. The fourth-order valence-electron chi connectivity index (χ4n) is 2.27. The molecule has 3 aromatic rings. The lowest BCUT2D eigenvalue weighted by atomic mass is 10.1. The molecule has 0 saturated heterocycles. The largest absolute Gasteiger partial charge is 0.457 e. The predicted molar refractivity (Wildman–Crippen MR) is 92.0 cm³/mol. The van der Waals surface area contributed by atoms with E-state index in [4.69, 9.17) is 4.74 Å². The van der Waals surface area contributed by atoms with Gasteiger partial charge in [0, 0.05) is 0 Å². The van der Waals surface area contributed by atoms with Crippen molar-refractivity contribution in [1.82, 2.24) is 0 Å². The van der Waals surface area contributed by atoms with E-state index >= 15 is 0 Å². The lowest BCUT2D eigenvalue weighted by Crippen LogP contribution is -2.14. The number of carbonyl (C=O) groups is 1. The van der Waals surface area contributed by atoms with Crippen molar-refractivity contribution in [3.63, 3.8) is 0 Å². The number of nitrogens with one attached hydrogen (secondary N) is 1. The van der Waals surface area contributed by atoms with Gasteiger partial charge in [0.2, 0.25) is 0 Å². The van der Waals surface area contributed by atoms with Crippen LogP contribution in [0, 0.1) is 12.7 Å². The van der Waals surface area contributed by atoms with Crippen molar-refractivity contribution < 1.29 is 13.9 Å². The van der Waals surface area contributed by atoms with Crippen LogP contribution in [-0.4, -0.2) is 5.91 Å². The summed E-state index contributed by atoms with van der Waals surface area (Å²) in [6, 6.07) is 20.7. The van der Waals surface area contributed by atoms with Crippen LogP contribution in [0.15, 0.2) is 72.8 Å².